The fraction of sp³-hybridized carbons (Fsp3) is 1.00. The second kappa shape index (κ2) is 5.42. The van der Waals surface area contributed by atoms with Gasteiger partial charge in [-0.2, -0.15) is 0 Å². The molecular formula is C2H4I2O. The first-order valence-corrected chi connectivity index (χ1v) is 4.16. The van der Waals surface area contributed by atoms with E-state index in [2.05, 4.69) is 45.2 Å². The molecule has 0 unspecified atom stereocenters. The van der Waals surface area contributed by atoms with Crippen molar-refractivity contribution in [1.29, 1.82) is 0 Å². The van der Waals surface area contributed by atoms with E-state index in [1.165, 1.54) is 0 Å². The Balaban J connectivity index is 2.19. The minimum Gasteiger partial charge on any atom is -0.361 e. The van der Waals surface area contributed by atoms with Gasteiger partial charge < -0.3 is 4.74 Å². The zero-order valence-electron chi connectivity index (χ0n) is 2.58. The maximum Gasteiger partial charge on any atom is 0.0989 e. The van der Waals surface area contributed by atoms with Crippen LogP contribution in [0.1, 0.15) is 0 Å². The van der Waals surface area contributed by atoms with Crippen LogP contribution in [0.5, 0.6) is 0 Å². The summed E-state index contributed by atoms with van der Waals surface area (Å²) in [6.45, 7) is 0. The normalized spacial score (nSPS) is 8.40. The molecule has 1 nitrogen and oxygen atoms in total. The predicted molar refractivity (Wildman–Crippen MR) is 38.9 cm³/mol. The Bertz CT molecular complexity index is 15.1. The van der Waals surface area contributed by atoms with Gasteiger partial charge in [-0.3, -0.25) is 0 Å². The number of halogens is 2. The lowest BCUT2D eigenvalue weighted by Crippen LogP contribution is -1.76. The predicted octanol–water partition coefficient (Wildman–Crippen LogP) is 1.79. The Hall–Kier alpha value is 1.42. The van der Waals surface area contributed by atoms with Gasteiger partial charge in [-0.15, -0.1) is 0 Å². The molecule has 0 fully saturated rings. The van der Waals surface area contributed by atoms with Crippen LogP contribution in [0.2, 0.25) is 0 Å². The average Bonchev–Trinajstić information content (AvgIpc) is 1.41. The SMILES string of the molecule is ICOCI. The van der Waals surface area contributed by atoms with E-state index in [1.54, 1.807) is 0 Å². The molecule has 0 aliphatic carbocycles. The van der Waals surface area contributed by atoms with Crippen LogP contribution >= 0.6 is 45.2 Å². The summed E-state index contributed by atoms with van der Waals surface area (Å²) >= 11 is 4.32. The molecule has 0 heterocycles. The summed E-state index contributed by atoms with van der Waals surface area (Å²) in [5.41, 5.74) is 0. The van der Waals surface area contributed by atoms with Crippen LogP contribution in [0, 0.1) is 0 Å². The summed E-state index contributed by atoms with van der Waals surface area (Å²) in [5, 5.41) is 0. The smallest absolute Gasteiger partial charge is 0.0989 e. The van der Waals surface area contributed by atoms with E-state index in [4.69, 9.17) is 4.74 Å². The molecule has 0 aliphatic heterocycles. The summed E-state index contributed by atoms with van der Waals surface area (Å²) in [7, 11) is 0. The van der Waals surface area contributed by atoms with Gasteiger partial charge in [0.05, 0.1) is 9.23 Å². The summed E-state index contributed by atoms with van der Waals surface area (Å²) in [6, 6.07) is 0. The van der Waals surface area contributed by atoms with E-state index in [1.807, 2.05) is 0 Å². The van der Waals surface area contributed by atoms with Crippen LogP contribution in [-0.2, 0) is 4.74 Å². The van der Waals surface area contributed by atoms with Gasteiger partial charge in [0.1, 0.15) is 0 Å². The highest BCUT2D eigenvalue weighted by Gasteiger charge is 1.67. The largest absolute Gasteiger partial charge is 0.361 e. The second-order valence-corrected chi connectivity index (χ2v) is 1.67. The summed E-state index contributed by atoms with van der Waals surface area (Å²) in [6.07, 6.45) is 0. The zero-order chi connectivity index (χ0) is 4.12. The molecule has 0 bridgehead atoms. The van der Waals surface area contributed by atoms with Crippen LogP contribution in [-0.4, -0.2) is 9.23 Å². The number of rotatable bonds is 2. The maximum absolute atomic E-state index is 4.81. The molecule has 32 valence electrons. The molecule has 5 heavy (non-hydrogen) atoms. The van der Waals surface area contributed by atoms with Crippen LogP contribution in [0.15, 0.2) is 0 Å². The Morgan fingerprint density at radius 1 is 1.20 bits per heavy atom. The van der Waals surface area contributed by atoms with Crippen molar-refractivity contribution in [1.82, 2.24) is 0 Å². The molecular weight excluding hydrogens is 294 g/mol. The van der Waals surface area contributed by atoms with E-state index in [-0.39, 0.29) is 0 Å². The highest BCUT2D eigenvalue weighted by molar-refractivity contribution is 14.1. The molecule has 3 heteroatoms. The molecule has 0 aliphatic rings. The third kappa shape index (κ3) is 5.42. The first kappa shape index (κ1) is 6.42. The van der Waals surface area contributed by atoms with Gasteiger partial charge in [-0.1, -0.05) is 45.2 Å². The first-order chi connectivity index (χ1) is 2.41. The summed E-state index contributed by atoms with van der Waals surface area (Å²) in [5.74, 6) is 0. The molecule has 0 aromatic heterocycles. The van der Waals surface area contributed by atoms with Crippen molar-refractivity contribution in [3.05, 3.63) is 0 Å². The van der Waals surface area contributed by atoms with Crippen molar-refractivity contribution in [3.8, 4) is 0 Å². The standard InChI is InChI=1S/C2H4I2O/c3-1-5-2-4/h1-2H2. The van der Waals surface area contributed by atoms with Gasteiger partial charge in [0.2, 0.25) is 0 Å². The van der Waals surface area contributed by atoms with Gasteiger partial charge in [0.15, 0.2) is 0 Å². The first-order valence-electron chi connectivity index (χ1n) is 1.11. The lowest BCUT2D eigenvalue weighted by atomic mass is 11.6. The zero-order valence-corrected chi connectivity index (χ0v) is 6.89. The van der Waals surface area contributed by atoms with E-state index < -0.39 is 0 Å². The van der Waals surface area contributed by atoms with Crippen LogP contribution in [0.25, 0.3) is 0 Å². The van der Waals surface area contributed by atoms with Crippen LogP contribution in [0.3, 0.4) is 0 Å². The van der Waals surface area contributed by atoms with Crippen molar-refractivity contribution >= 4 is 45.2 Å². The van der Waals surface area contributed by atoms with Crippen LogP contribution < -0.4 is 0 Å². The Kier molecular flexibility index (Phi) is 6.96. The molecule has 0 N–H and O–H groups in total. The van der Waals surface area contributed by atoms with E-state index in [9.17, 15) is 0 Å². The Morgan fingerprint density at radius 2 is 1.60 bits per heavy atom. The highest BCUT2D eigenvalue weighted by Crippen LogP contribution is 1.86. The molecule has 0 amide bonds. The fourth-order valence-corrected chi connectivity index (χ4v) is 1.31. The summed E-state index contributed by atoms with van der Waals surface area (Å²) in [4.78, 5) is 0. The fourth-order valence-electron chi connectivity index (χ4n) is 0.0292. The third-order valence-corrected chi connectivity index (χ3v) is 1.04. The molecule has 0 rings (SSSR count). The van der Waals surface area contributed by atoms with Crippen molar-refractivity contribution < 1.29 is 4.74 Å². The monoisotopic (exact) mass is 298 g/mol. The average molecular weight is 298 g/mol. The number of hydrogen-bond acceptors (Lipinski definition) is 1. The number of ether oxygens (including phenoxy) is 1. The number of alkyl halides is 2. The quantitative estimate of drug-likeness (QED) is 0.558. The van der Waals surface area contributed by atoms with Crippen LogP contribution in [0.4, 0.5) is 0 Å². The molecule has 0 spiro atoms. The molecule has 0 radical (unpaired) electrons. The van der Waals surface area contributed by atoms with Gasteiger partial charge in [0, 0.05) is 0 Å². The Labute approximate surface area is 58.7 Å². The molecule has 0 atom stereocenters. The highest BCUT2D eigenvalue weighted by atomic mass is 127. The van der Waals surface area contributed by atoms with Crippen molar-refractivity contribution in [2.75, 3.05) is 9.23 Å². The molecule has 0 aromatic carbocycles. The third-order valence-electron chi connectivity index (χ3n) is 0.154. The second-order valence-electron chi connectivity index (χ2n) is 0.422. The molecule has 0 aromatic rings. The van der Waals surface area contributed by atoms with Gasteiger partial charge >= 0.3 is 0 Å². The molecule has 0 saturated carbocycles. The molecule has 0 saturated heterocycles. The van der Waals surface area contributed by atoms with E-state index >= 15 is 0 Å². The topological polar surface area (TPSA) is 9.23 Å². The Morgan fingerprint density at radius 3 is 1.60 bits per heavy atom. The van der Waals surface area contributed by atoms with Gasteiger partial charge in [0.25, 0.3) is 0 Å². The van der Waals surface area contributed by atoms with Gasteiger partial charge in [-0.25, -0.2) is 0 Å². The van der Waals surface area contributed by atoms with Crippen molar-refractivity contribution in [3.63, 3.8) is 0 Å². The van der Waals surface area contributed by atoms with Crippen molar-refractivity contribution in [2.24, 2.45) is 0 Å². The van der Waals surface area contributed by atoms with Gasteiger partial charge in [-0.05, 0) is 0 Å². The lowest BCUT2D eigenvalue weighted by Gasteiger charge is -1.83. The minimum atomic E-state index is 0.806. The number of hydrogen-bond donors (Lipinski definition) is 0. The maximum atomic E-state index is 4.81. The minimum absolute atomic E-state index is 0.806. The summed E-state index contributed by atoms with van der Waals surface area (Å²) < 4.78 is 6.42. The van der Waals surface area contributed by atoms with Crippen molar-refractivity contribution in [2.45, 2.75) is 0 Å². The van der Waals surface area contributed by atoms with E-state index in [0.717, 1.165) is 9.23 Å². The lowest BCUT2D eigenvalue weighted by molar-refractivity contribution is 0.259. The van der Waals surface area contributed by atoms with E-state index in [0.29, 0.717) is 0 Å².